The molecule has 1 N–H and O–H groups in total. The van der Waals surface area contributed by atoms with Gasteiger partial charge in [-0.3, -0.25) is 4.72 Å². The highest BCUT2D eigenvalue weighted by Crippen LogP contribution is 2.33. The van der Waals surface area contributed by atoms with Crippen molar-refractivity contribution in [1.82, 2.24) is 13.8 Å². The molecule has 0 fully saturated rings. The molecule has 0 radical (unpaired) electrons. The second kappa shape index (κ2) is 6.72. The summed E-state index contributed by atoms with van der Waals surface area (Å²) in [5.74, 6) is 0. The number of hydrogen-bond acceptors (Lipinski definition) is 5. The van der Waals surface area contributed by atoms with E-state index in [2.05, 4.69) is 14.0 Å². The van der Waals surface area contributed by atoms with Gasteiger partial charge in [-0.15, -0.1) is 0 Å². The molecular formula is C15H17ClN4O2S2. The van der Waals surface area contributed by atoms with E-state index in [4.69, 9.17) is 11.6 Å². The van der Waals surface area contributed by atoms with Crippen LogP contribution in [0.1, 0.15) is 0 Å². The molecule has 0 unspecified atom stereocenters. The summed E-state index contributed by atoms with van der Waals surface area (Å²) < 4.78 is 33.5. The van der Waals surface area contributed by atoms with Crippen LogP contribution in [-0.2, 0) is 16.6 Å². The molecule has 2 aromatic heterocycles. The fraction of sp³-hybridized carbons (Fsp3) is 0.267. The summed E-state index contributed by atoms with van der Waals surface area (Å²) in [4.78, 5) is 2.06. The van der Waals surface area contributed by atoms with Crippen molar-refractivity contribution in [2.75, 3.05) is 25.4 Å². The van der Waals surface area contributed by atoms with E-state index in [0.29, 0.717) is 10.7 Å². The number of likely N-dealkylation sites (N-methyl/N-ethyl adjacent to an activating group) is 1. The number of halogens is 1. The monoisotopic (exact) mass is 384 g/mol. The molecule has 2 heterocycles. The van der Waals surface area contributed by atoms with E-state index in [1.165, 1.54) is 6.07 Å². The maximum Gasteiger partial charge on any atom is 0.280 e. The summed E-state index contributed by atoms with van der Waals surface area (Å²) in [6.45, 7) is 1.55. The lowest BCUT2D eigenvalue weighted by Crippen LogP contribution is -2.19. The topological polar surface area (TPSA) is 67.2 Å². The molecule has 0 atom stereocenters. The van der Waals surface area contributed by atoms with Gasteiger partial charge in [0.25, 0.3) is 10.0 Å². The van der Waals surface area contributed by atoms with Crippen LogP contribution in [0, 0.1) is 0 Å². The Kier molecular flexibility index (Phi) is 4.82. The maximum absolute atomic E-state index is 12.5. The van der Waals surface area contributed by atoms with Gasteiger partial charge in [-0.2, -0.15) is 12.8 Å². The third kappa shape index (κ3) is 3.41. The molecule has 0 aliphatic heterocycles. The predicted molar refractivity (Wildman–Crippen MR) is 98.4 cm³/mol. The fourth-order valence-corrected chi connectivity index (χ4v) is 4.50. The molecule has 6 nitrogen and oxygen atoms in total. The van der Waals surface area contributed by atoms with Crippen LogP contribution in [0.25, 0.3) is 10.9 Å². The van der Waals surface area contributed by atoms with Gasteiger partial charge in [0.05, 0.1) is 16.2 Å². The molecular weight excluding hydrogens is 368 g/mol. The van der Waals surface area contributed by atoms with E-state index < -0.39 is 10.0 Å². The largest absolute Gasteiger partial charge is 0.344 e. The Labute approximate surface area is 149 Å². The highest BCUT2D eigenvalue weighted by atomic mass is 35.5. The molecule has 3 aromatic rings. The van der Waals surface area contributed by atoms with Gasteiger partial charge in [0.2, 0.25) is 0 Å². The second-order valence-electron chi connectivity index (χ2n) is 5.62. The van der Waals surface area contributed by atoms with Gasteiger partial charge in [0, 0.05) is 30.1 Å². The number of anilines is 1. The van der Waals surface area contributed by atoms with Gasteiger partial charge in [0.1, 0.15) is 0 Å². The zero-order valence-electron chi connectivity index (χ0n) is 13.2. The molecule has 0 spiro atoms. The smallest absolute Gasteiger partial charge is 0.280 e. The van der Waals surface area contributed by atoms with Crippen LogP contribution in [0.2, 0.25) is 5.02 Å². The first-order chi connectivity index (χ1) is 11.4. The van der Waals surface area contributed by atoms with Crippen LogP contribution in [-0.4, -0.2) is 42.9 Å². The summed E-state index contributed by atoms with van der Waals surface area (Å²) in [7, 11) is 0.212. The average molecular weight is 385 g/mol. The Morgan fingerprint density at radius 2 is 2.08 bits per heavy atom. The third-order valence-electron chi connectivity index (χ3n) is 3.59. The Morgan fingerprint density at radius 1 is 1.29 bits per heavy atom. The summed E-state index contributed by atoms with van der Waals surface area (Å²) in [6, 6.07) is 6.98. The normalized spacial score (nSPS) is 12.2. The van der Waals surface area contributed by atoms with Crippen LogP contribution in [0.5, 0.6) is 0 Å². The number of benzene rings is 1. The zero-order valence-corrected chi connectivity index (χ0v) is 15.6. The van der Waals surface area contributed by atoms with Crippen molar-refractivity contribution in [3.63, 3.8) is 0 Å². The van der Waals surface area contributed by atoms with Crippen molar-refractivity contribution in [3.05, 3.63) is 40.9 Å². The lowest BCUT2D eigenvalue weighted by Gasteiger charge is -2.15. The molecule has 0 amide bonds. The van der Waals surface area contributed by atoms with E-state index in [0.717, 1.165) is 35.5 Å². The van der Waals surface area contributed by atoms with Crippen LogP contribution < -0.4 is 4.72 Å². The van der Waals surface area contributed by atoms with Crippen molar-refractivity contribution < 1.29 is 8.42 Å². The lowest BCUT2D eigenvalue weighted by molar-refractivity contribution is 0.387. The van der Waals surface area contributed by atoms with Crippen LogP contribution in [0.4, 0.5) is 5.69 Å². The predicted octanol–water partition coefficient (Wildman–Crippen LogP) is 3.11. The molecule has 1 aromatic carbocycles. The minimum Gasteiger partial charge on any atom is -0.344 e. The molecule has 24 heavy (non-hydrogen) atoms. The molecule has 0 aliphatic carbocycles. The molecule has 128 valence electrons. The molecule has 0 bridgehead atoms. The van der Waals surface area contributed by atoms with Crippen molar-refractivity contribution in [2.45, 2.75) is 11.6 Å². The van der Waals surface area contributed by atoms with Gasteiger partial charge in [-0.05, 0) is 43.8 Å². The van der Waals surface area contributed by atoms with E-state index >= 15 is 0 Å². The van der Waals surface area contributed by atoms with Gasteiger partial charge >= 0.3 is 0 Å². The van der Waals surface area contributed by atoms with Crippen molar-refractivity contribution in [2.24, 2.45) is 0 Å². The number of nitrogens with one attached hydrogen (secondary N) is 1. The Bertz CT molecular complexity index is 949. The number of fused-ring (bicyclic) bond motifs is 1. The first-order valence-electron chi connectivity index (χ1n) is 7.24. The van der Waals surface area contributed by atoms with Gasteiger partial charge in [-0.25, -0.2) is 0 Å². The van der Waals surface area contributed by atoms with Gasteiger partial charge < -0.3 is 9.47 Å². The van der Waals surface area contributed by atoms with Crippen molar-refractivity contribution in [1.29, 1.82) is 0 Å². The van der Waals surface area contributed by atoms with Crippen LogP contribution >= 0.6 is 23.1 Å². The molecule has 3 rings (SSSR count). The first-order valence-corrected chi connectivity index (χ1v) is 9.93. The maximum atomic E-state index is 12.5. The van der Waals surface area contributed by atoms with Crippen molar-refractivity contribution in [3.8, 4) is 0 Å². The van der Waals surface area contributed by atoms with E-state index in [9.17, 15) is 8.42 Å². The number of sulfonamides is 1. The Morgan fingerprint density at radius 3 is 2.75 bits per heavy atom. The van der Waals surface area contributed by atoms with Crippen LogP contribution in [0.3, 0.4) is 0 Å². The minimum atomic E-state index is -3.77. The summed E-state index contributed by atoms with van der Waals surface area (Å²) in [5.41, 5.74) is 1.15. The van der Waals surface area contributed by atoms with E-state index in [1.807, 2.05) is 37.0 Å². The summed E-state index contributed by atoms with van der Waals surface area (Å²) in [5, 5.41) is 2.89. The zero-order chi connectivity index (χ0) is 17.3. The summed E-state index contributed by atoms with van der Waals surface area (Å²) >= 11 is 7.38. The Hall–Kier alpha value is -1.61. The van der Waals surface area contributed by atoms with Gasteiger partial charge in [0.15, 0.2) is 5.03 Å². The third-order valence-corrected chi connectivity index (χ3v) is 5.83. The second-order valence-corrected chi connectivity index (χ2v) is 8.32. The average Bonchev–Trinajstić information content (AvgIpc) is 3.17. The Balaban J connectivity index is 2.06. The highest BCUT2D eigenvalue weighted by Gasteiger charge is 2.21. The van der Waals surface area contributed by atoms with Crippen molar-refractivity contribution >= 4 is 49.7 Å². The number of rotatable bonds is 6. The van der Waals surface area contributed by atoms with Crippen LogP contribution in [0.15, 0.2) is 40.9 Å². The molecule has 0 aliphatic rings. The molecule has 0 saturated heterocycles. The number of hydrogen-bond donors (Lipinski definition) is 1. The fourth-order valence-electron chi connectivity index (χ4n) is 2.39. The SMILES string of the molecule is CN(C)CCn1ccc2ccc(Cl)c(NS(=O)(=O)c3ccsn3)c21. The first kappa shape index (κ1) is 17.2. The summed E-state index contributed by atoms with van der Waals surface area (Å²) in [6.07, 6.45) is 1.94. The van der Waals surface area contributed by atoms with Gasteiger partial charge in [-0.1, -0.05) is 17.7 Å². The minimum absolute atomic E-state index is 0.00744. The van der Waals surface area contributed by atoms with E-state index in [-0.39, 0.29) is 5.03 Å². The lowest BCUT2D eigenvalue weighted by atomic mass is 10.2. The standard InChI is InChI=1S/C15H17ClN4O2S2/c1-19(2)8-9-20-7-5-11-3-4-12(16)14(15(11)20)18-24(21,22)13-6-10-23-17-13/h3-7,10,18H,8-9H2,1-2H3. The number of nitrogens with zero attached hydrogens (tertiary/aromatic N) is 3. The number of aromatic nitrogens is 2. The molecule has 0 saturated carbocycles. The quantitative estimate of drug-likeness (QED) is 0.709. The van der Waals surface area contributed by atoms with E-state index in [1.54, 1.807) is 11.4 Å². The molecule has 9 heteroatoms. The highest BCUT2D eigenvalue weighted by molar-refractivity contribution is 7.92.